The maximum Gasteiger partial charge on any atom is 0.273 e. The molecule has 0 aliphatic rings. The molecule has 0 atom stereocenters. The third kappa shape index (κ3) is 4.34. The number of nitrogens with zero attached hydrogens (tertiary/aromatic N) is 2. The van der Waals surface area contributed by atoms with Crippen molar-refractivity contribution in [1.29, 1.82) is 0 Å². The number of carbonyl (C=O) groups is 1. The van der Waals surface area contributed by atoms with Crippen LogP contribution in [0.2, 0.25) is 0 Å². The SMILES string of the molecule is CN(C)CCNC(=O)c1ccc(N(C)S(=O)(=O)c2cccs2)cc1. The van der Waals surface area contributed by atoms with Gasteiger partial charge in [0.1, 0.15) is 4.21 Å². The Kier molecular flexibility index (Phi) is 5.98. The molecule has 2 rings (SSSR count). The van der Waals surface area contributed by atoms with Gasteiger partial charge in [0.05, 0.1) is 5.69 Å². The van der Waals surface area contributed by atoms with E-state index in [4.69, 9.17) is 0 Å². The fourth-order valence-corrected chi connectivity index (χ4v) is 4.36. The highest BCUT2D eigenvalue weighted by atomic mass is 32.2. The van der Waals surface area contributed by atoms with E-state index in [1.165, 1.54) is 22.7 Å². The summed E-state index contributed by atoms with van der Waals surface area (Å²) >= 11 is 1.17. The molecule has 2 aromatic rings. The molecule has 6 nitrogen and oxygen atoms in total. The summed E-state index contributed by atoms with van der Waals surface area (Å²) < 4.78 is 26.4. The van der Waals surface area contributed by atoms with Gasteiger partial charge < -0.3 is 10.2 Å². The van der Waals surface area contributed by atoms with Gasteiger partial charge in [-0.1, -0.05) is 6.07 Å². The van der Waals surface area contributed by atoms with Crippen LogP contribution in [0.15, 0.2) is 46.0 Å². The van der Waals surface area contributed by atoms with Gasteiger partial charge in [0, 0.05) is 25.7 Å². The second kappa shape index (κ2) is 7.78. The van der Waals surface area contributed by atoms with E-state index in [-0.39, 0.29) is 10.1 Å². The Morgan fingerprint density at radius 2 is 1.79 bits per heavy atom. The van der Waals surface area contributed by atoms with Crippen molar-refractivity contribution in [3.8, 4) is 0 Å². The largest absolute Gasteiger partial charge is 0.351 e. The molecule has 1 aromatic heterocycles. The predicted octanol–water partition coefficient (Wildman–Crippen LogP) is 1.86. The van der Waals surface area contributed by atoms with Gasteiger partial charge in [0.2, 0.25) is 0 Å². The third-order valence-corrected chi connectivity index (χ3v) is 6.61. The van der Waals surface area contributed by atoms with E-state index in [0.29, 0.717) is 17.8 Å². The number of sulfonamides is 1. The molecule has 0 aliphatic heterocycles. The van der Waals surface area contributed by atoms with Gasteiger partial charge in [-0.15, -0.1) is 11.3 Å². The number of thiophene rings is 1. The van der Waals surface area contributed by atoms with Crippen LogP contribution < -0.4 is 9.62 Å². The topological polar surface area (TPSA) is 69.7 Å². The van der Waals surface area contributed by atoms with E-state index in [9.17, 15) is 13.2 Å². The van der Waals surface area contributed by atoms with E-state index < -0.39 is 10.0 Å². The van der Waals surface area contributed by atoms with Crippen molar-refractivity contribution >= 4 is 33.0 Å². The summed E-state index contributed by atoms with van der Waals surface area (Å²) in [6, 6.07) is 9.79. The maximum absolute atomic E-state index is 12.5. The predicted molar refractivity (Wildman–Crippen MR) is 97.2 cm³/mol. The Labute approximate surface area is 146 Å². The van der Waals surface area contributed by atoms with E-state index in [2.05, 4.69) is 5.32 Å². The van der Waals surface area contributed by atoms with E-state index in [1.807, 2.05) is 19.0 Å². The number of hydrogen-bond acceptors (Lipinski definition) is 5. The monoisotopic (exact) mass is 367 g/mol. The first-order chi connectivity index (χ1) is 11.3. The van der Waals surface area contributed by atoms with Gasteiger partial charge in [-0.2, -0.15) is 0 Å². The van der Waals surface area contributed by atoms with Gasteiger partial charge in [0.15, 0.2) is 0 Å². The van der Waals surface area contributed by atoms with Crippen molar-refractivity contribution in [1.82, 2.24) is 10.2 Å². The first-order valence-corrected chi connectivity index (χ1v) is 9.70. The van der Waals surface area contributed by atoms with E-state index in [0.717, 1.165) is 6.54 Å². The number of amides is 1. The number of carbonyl (C=O) groups excluding carboxylic acids is 1. The first-order valence-electron chi connectivity index (χ1n) is 7.38. The summed E-state index contributed by atoms with van der Waals surface area (Å²) in [7, 11) is 1.81. The highest BCUT2D eigenvalue weighted by molar-refractivity contribution is 7.94. The summed E-state index contributed by atoms with van der Waals surface area (Å²) in [6.45, 7) is 1.31. The molecule has 1 amide bonds. The van der Waals surface area contributed by atoms with Crippen LogP contribution in [0.25, 0.3) is 0 Å². The standard InChI is InChI=1S/C16H21N3O3S2/c1-18(2)11-10-17-16(20)13-6-8-14(9-7-13)19(3)24(21,22)15-5-4-12-23-15/h4-9,12H,10-11H2,1-3H3,(H,17,20). The molecule has 24 heavy (non-hydrogen) atoms. The molecule has 0 saturated heterocycles. The van der Waals surface area contributed by atoms with Crippen molar-refractivity contribution in [2.75, 3.05) is 38.5 Å². The maximum atomic E-state index is 12.5. The van der Waals surface area contributed by atoms with E-state index in [1.54, 1.807) is 41.8 Å². The normalized spacial score (nSPS) is 11.5. The highest BCUT2D eigenvalue weighted by Crippen LogP contribution is 2.25. The summed E-state index contributed by atoms with van der Waals surface area (Å²) in [6.07, 6.45) is 0. The highest BCUT2D eigenvalue weighted by Gasteiger charge is 2.22. The summed E-state index contributed by atoms with van der Waals surface area (Å²) in [5, 5.41) is 4.54. The Hall–Kier alpha value is -1.90. The molecule has 130 valence electrons. The zero-order chi connectivity index (χ0) is 17.7. The molecule has 0 bridgehead atoms. The molecule has 1 heterocycles. The number of rotatable bonds is 7. The lowest BCUT2D eigenvalue weighted by Crippen LogP contribution is -2.31. The summed E-state index contributed by atoms with van der Waals surface area (Å²) in [4.78, 5) is 14.0. The minimum Gasteiger partial charge on any atom is -0.351 e. The molecule has 0 fully saturated rings. The van der Waals surface area contributed by atoms with Crippen LogP contribution in [0.5, 0.6) is 0 Å². The van der Waals surface area contributed by atoms with Crippen molar-refractivity contribution in [3.05, 3.63) is 47.3 Å². The second-order valence-corrected chi connectivity index (χ2v) is 8.65. The zero-order valence-electron chi connectivity index (χ0n) is 13.9. The summed E-state index contributed by atoms with van der Waals surface area (Å²) in [5.74, 6) is -0.174. The molecular formula is C16H21N3O3S2. The number of hydrogen-bond donors (Lipinski definition) is 1. The van der Waals surface area contributed by atoms with Crippen LogP contribution in [0.1, 0.15) is 10.4 Å². The minimum atomic E-state index is -3.56. The quantitative estimate of drug-likeness (QED) is 0.811. The van der Waals surface area contributed by atoms with Crippen molar-refractivity contribution in [2.24, 2.45) is 0 Å². The third-order valence-electron chi connectivity index (χ3n) is 3.45. The molecule has 0 saturated carbocycles. The van der Waals surface area contributed by atoms with Gasteiger partial charge >= 0.3 is 0 Å². The number of anilines is 1. The zero-order valence-corrected chi connectivity index (χ0v) is 15.5. The van der Waals surface area contributed by atoms with Crippen molar-refractivity contribution < 1.29 is 13.2 Å². The van der Waals surface area contributed by atoms with Crippen LogP contribution in [-0.2, 0) is 10.0 Å². The van der Waals surface area contributed by atoms with Gasteiger partial charge in [-0.05, 0) is 49.8 Å². The van der Waals surface area contributed by atoms with Crippen LogP contribution in [0.3, 0.4) is 0 Å². The first kappa shape index (κ1) is 18.4. The second-order valence-electron chi connectivity index (χ2n) is 5.51. The van der Waals surface area contributed by atoms with Crippen LogP contribution >= 0.6 is 11.3 Å². The molecule has 0 unspecified atom stereocenters. The van der Waals surface area contributed by atoms with Crippen molar-refractivity contribution in [3.63, 3.8) is 0 Å². The van der Waals surface area contributed by atoms with Gasteiger partial charge in [0.25, 0.3) is 15.9 Å². The van der Waals surface area contributed by atoms with Gasteiger partial charge in [-0.3, -0.25) is 9.10 Å². The Morgan fingerprint density at radius 3 is 2.33 bits per heavy atom. The fraction of sp³-hybridized carbons (Fsp3) is 0.312. The number of nitrogens with one attached hydrogen (secondary N) is 1. The number of benzene rings is 1. The molecule has 0 spiro atoms. The van der Waals surface area contributed by atoms with Crippen molar-refractivity contribution in [2.45, 2.75) is 4.21 Å². The van der Waals surface area contributed by atoms with Crippen LogP contribution in [-0.4, -0.2) is 53.5 Å². The average Bonchev–Trinajstić information content (AvgIpc) is 3.09. The van der Waals surface area contributed by atoms with E-state index >= 15 is 0 Å². The average molecular weight is 367 g/mol. The molecule has 0 aliphatic carbocycles. The fourth-order valence-electron chi connectivity index (χ4n) is 2.00. The minimum absolute atomic E-state index is 0.174. The Bertz CT molecular complexity index is 769. The molecule has 8 heteroatoms. The molecule has 1 N–H and O–H groups in total. The molecule has 1 aromatic carbocycles. The van der Waals surface area contributed by atoms with Gasteiger partial charge in [-0.25, -0.2) is 8.42 Å². The Balaban J connectivity index is 2.07. The molecular weight excluding hydrogens is 346 g/mol. The number of likely N-dealkylation sites (N-methyl/N-ethyl adjacent to an activating group) is 1. The Morgan fingerprint density at radius 1 is 1.12 bits per heavy atom. The lowest BCUT2D eigenvalue weighted by Gasteiger charge is -2.18. The smallest absolute Gasteiger partial charge is 0.273 e. The summed E-state index contributed by atoms with van der Waals surface area (Å²) in [5.41, 5.74) is 1.01. The lowest BCUT2D eigenvalue weighted by molar-refractivity contribution is 0.0951. The molecule has 0 radical (unpaired) electrons. The van der Waals surface area contributed by atoms with Crippen LogP contribution in [0.4, 0.5) is 5.69 Å². The van der Waals surface area contributed by atoms with Crippen LogP contribution in [0, 0.1) is 0 Å². The lowest BCUT2D eigenvalue weighted by atomic mass is 10.2.